The van der Waals surface area contributed by atoms with Gasteiger partial charge in [-0.25, -0.2) is 0 Å². The summed E-state index contributed by atoms with van der Waals surface area (Å²) in [5, 5.41) is 6.02. The summed E-state index contributed by atoms with van der Waals surface area (Å²) in [5.74, 6) is -0.925. The minimum absolute atomic E-state index is 0.0434. The van der Waals surface area contributed by atoms with Gasteiger partial charge >= 0.3 is 5.97 Å². The van der Waals surface area contributed by atoms with Gasteiger partial charge in [-0.1, -0.05) is 43.3 Å². The number of rotatable bonds is 11. The average molecular weight is 437 g/mol. The summed E-state index contributed by atoms with van der Waals surface area (Å²) >= 11 is 0. The van der Waals surface area contributed by atoms with Gasteiger partial charge in [0, 0.05) is 18.3 Å². The van der Waals surface area contributed by atoms with Crippen LogP contribution in [0.3, 0.4) is 0 Å². The van der Waals surface area contributed by atoms with Gasteiger partial charge in [0.15, 0.2) is 12.6 Å². The zero-order valence-electron chi connectivity index (χ0n) is 18.3. The lowest BCUT2D eigenvalue weighted by molar-refractivity contribution is -0.141. The van der Waals surface area contributed by atoms with Gasteiger partial charge in [-0.2, -0.15) is 0 Å². The molecule has 0 aliphatic heterocycles. The fourth-order valence-corrected chi connectivity index (χ4v) is 3.07. The fourth-order valence-electron chi connectivity index (χ4n) is 3.07. The Kier molecular flexibility index (Phi) is 9.16. The average Bonchev–Trinajstić information content (AvgIpc) is 2.83. The van der Waals surface area contributed by atoms with Crippen LogP contribution < -0.4 is 10.6 Å². The van der Waals surface area contributed by atoms with Crippen LogP contribution >= 0.6 is 0 Å². The molecule has 0 bridgehead atoms. The van der Waals surface area contributed by atoms with E-state index in [1.807, 2.05) is 37.3 Å². The molecule has 2 rings (SSSR count). The van der Waals surface area contributed by atoms with Crippen LogP contribution in [-0.2, 0) is 19.1 Å². The third kappa shape index (κ3) is 6.53. The highest BCUT2D eigenvalue weighted by atomic mass is 16.5. The number of methoxy groups -OCH3 is 1. The van der Waals surface area contributed by atoms with Crippen LogP contribution in [0.5, 0.6) is 0 Å². The largest absolute Gasteiger partial charge is 0.468 e. The van der Waals surface area contributed by atoms with Crippen molar-refractivity contribution in [1.29, 1.82) is 0 Å². The second-order valence-corrected chi connectivity index (χ2v) is 7.02. The van der Waals surface area contributed by atoms with Crippen LogP contribution in [0.15, 0.2) is 66.0 Å². The Morgan fingerprint density at radius 1 is 1.03 bits per heavy atom. The molecule has 8 heteroatoms. The second kappa shape index (κ2) is 12.0. The van der Waals surface area contributed by atoms with Crippen molar-refractivity contribution in [3.63, 3.8) is 0 Å². The van der Waals surface area contributed by atoms with Crippen LogP contribution in [0.2, 0.25) is 0 Å². The van der Waals surface area contributed by atoms with Crippen LogP contribution in [-0.4, -0.2) is 50.1 Å². The van der Waals surface area contributed by atoms with Crippen molar-refractivity contribution in [3.8, 4) is 0 Å². The highest BCUT2D eigenvalue weighted by Crippen LogP contribution is 2.19. The first-order valence-corrected chi connectivity index (χ1v) is 10.1. The molecule has 1 atom stereocenters. The summed E-state index contributed by atoms with van der Waals surface area (Å²) in [5.41, 5.74) is 1.89. The maximum Gasteiger partial charge on any atom is 0.325 e. The number of allylic oxidation sites excluding steroid dienone is 2. The number of hydrogen-bond donors (Lipinski definition) is 2. The molecule has 0 saturated heterocycles. The number of amides is 1. The zero-order valence-corrected chi connectivity index (χ0v) is 18.3. The number of nitrogens with zero attached hydrogens (tertiary/aromatic N) is 1. The van der Waals surface area contributed by atoms with E-state index < -0.39 is 5.97 Å². The zero-order chi connectivity index (χ0) is 23.5. The van der Waals surface area contributed by atoms with E-state index in [2.05, 4.69) is 15.4 Å². The molecule has 2 aromatic carbocycles. The lowest BCUT2D eigenvalue weighted by Gasteiger charge is -2.20. The molecule has 0 spiro atoms. The van der Waals surface area contributed by atoms with Crippen molar-refractivity contribution in [2.45, 2.75) is 19.4 Å². The summed E-state index contributed by atoms with van der Waals surface area (Å²) in [4.78, 5) is 48.7. The van der Waals surface area contributed by atoms with E-state index in [-0.39, 0.29) is 29.9 Å². The Labute approximate surface area is 187 Å². The molecule has 168 valence electrons. The monoisotopic (exact) mass is 437 g/mol. The van der Waals surface area contributed by atoms with Crippen LogP contribution in [0.25, 0.3) is 0 Å². The Morgan fingerprint density at radius 3 is 2.31 bits per heavy atom. The lowest BCUT2D eigenvalue weighted by Crippen LogP contribution is -2.32. The minimum Gasteiger partial charge on any atom is -0.468 e. The Morgan fingerprint density at radius 2 is 1.72 bits per heavy atom. The maximum atomic E-state index is 12.6. The molecule has 8 nitrogen and oxygen atoms in total. The summed E-state index contributed by atoms with van der Waals surface area (Å²) < 4.78 is 4.58. The molecule has 0 radical (unpaired) electrons. The molecule has 1 amide bonds. The molecule has 0 aliphatic carbocycles. The number of benzene rings is 2. The molecule has 2 N–H and O–H groups in total. The van der Waals surface area contributed by atoms with Crippen molar-refractivity contribution in [1.82, 2.24) is 10.2 Å². The molecule has 0 fully saturated rings. The number of likely N-dealkylation sites (N-methyl/N-ethyl adjacent to an activating group) is 1. The first kappa shape index (κ1) is 24.3. The normalized spacial score (nSPS) is 12.1. The van der Waals surface area contributed by atoms with E-state index in [0.717, 1.165) is 5.56 Å². The number of hydrogen-bond acceptors (Lipinski definition) is 7. The van der Waals surface area contributed by atoms with Gasteiger partial charge in [0.25, 0.3) is 5.91 Å². The first-order chi connectivity index (χ1) is 15.4. The minimum atomic E-state index is -0.535. The quantitative estimate of drug-likeness (QED) is 0.316. The summed E-state index contributed by atoms with van der Waals surface area (Å²) in [6.07, 6.45) is 1.83. The van der Waals surface area contributed by atoms with E-state index in [4.69, 9.17) is 0 Å². The van der Waals surface area contributed by atoms with Crippen LogP contribution in [0.4, 0.5) is 5.69 Å². The maximum absolute atomic E-state index is 12.6. The van der Waals surface area contributed by atoms with Crippen LogP contribution in [0, 0.1) is 0 Å². The van der Waals surface area contributed by atoms with E-state index in [1.165, 1.54) is 25.1 Å². The highest BCUT2D eigenvalue weighted by Gasteiger charge is 2.17. The number of anilines is 1. The number of carbonyl (C=O) groups is 4. The third-order valence-electron chi connectivity index (χ3n) is 4.79. The van der Waals surface area contributed by atoms with Gasteiger partial charge in [-0.3, -0.25) is 19.2 Å². The molecule has 0 unspecified atom stereocenters. The van der Waals surface area contributed by atoms with E-state index >= 15 is 0 Å². The fraction of sp³-hybridized carbons (Fsp3) is 0.250. The molecule has 2 aromatic rings. The number of nitrogens with one attached hydrogen (secondary N) is 2. The summed E-state index contributed by atoms with van der Waals surface area (Å²) in [6, 6.07) is 15.9. The predicted molar refractivity (Wildman–Crippen MR) is 121 cm³/mol. The molecular weight excluding hydrogens is 410 g/mol. The molecule has 0 saturated carbocycles. The molecule has 0 heterocycles. The number of esters is 1. The molecule has 0 aromatic heterocycles. The number of aldehydes is 2. The van der Waals surface area contributed by atoms with Gasteiger partial charge in [-0.15, -0.1) is 0 Å². The molecular formula is C24H27N3O5. The molecule has 0 aliphatic rings. The third-order valence-corrected chi connectivity index (χ3v) is 4.79. The standard InChI is InChI=1S/C24H27N3O5/c1-4-20(17-9-6-5-7-10-17)26-22(16-29)21(15-28)25-19-12-8-11-18(13-19)24(31)27(2)14-23(30)32-3/h5-13,15-16,20,25-26H,4,14H2,1-3H3/b22-21-/t20-/m1/s1. The summed E-state index contributed by atoms with van der Waals surface area (Å²) in [6.45, 7) is 1.78. The first-order valence-electron chi connectivity index (χ1n) is 10.1. The summed E-state index contributed by atoms with van der Waals surface area (Å²) in [7, 11) is 2.73. The van der Waals surface area contributed by atoms with E-state index in [0.29, 0.717) is 30.2 Å². The van der Waals surface area contributed by atoms with Crippen molar-refractivity contribution in [3.05, 3.63) is 77.1 Å². The van der Waals surface area contributed by atoms with E-state index in [1.54, 1.807) is 18.2 Å². The highest BCUT2D eigenvalue weighted by molar-refractivity contribution is 5.97. The predicted octanol–water partition coefficient (Wildman–Crippen LogP) is 2.69. The SMILES string of the molecule is CC[C@@H](N/C(C=O)=C(/C=O)Nc1cccc(C(=O)N(C)CC(=O)OC)c1)c1ccccc1. The lowest BCUT2D eigenvalue weighted by atomic mass is 10.0. The van der Waals surface area contributed by atoms with Crippen molar-refractivity contribution >= 4 is 30.1 Å². The van der Waals surface area contributed by atoms with Gasteiger partial charge in [0.1, 0.15) is 17.9 Å². The number of carbonyl (C=O) groups excluding carboxylic acids is 4. The molecule has 32 heavy (non-hydrogen) atoms. The van der Waals surface area contributed by atoms with Crippen molar-refractivity contribution in [2.24, 2.45) is 0 Å². The van der Waals surface area contributed by atoms with Gasteiger partial charge in [-0.05, 0) is 30.2 Å². The second-order valence-electron chi connectivity index (χ2n) is 7.02. The van der Waals surface area contributed by atoms with Gasteiger partial charge in [0.05, 0.1) is 13.2 Å². The van der Waals surface area contributed by atoms with Crippen molar-refractivity contribution < 1.29 is 23.9 Å². The Hall–Kier alpha value is -3.94. The number of ether oxygens (including phenoxy) is 1. The van der Waals surface area contributed by atoms with Gasteiger partial charge < -0.3 is 20.3 Å². The van der Waals surface area contributed by atoms with Crippen LogP contribution in [0.1, 0.15) is 35.3 Å². The topological polar surface area (TPSA) is 105 Å². The smallest absolute Gasteiger partial charge is 0.325 e. The Bertz CT molecular complexity index is 988. The van der Waals surface area contributed by atoms with Crippen molar-refractivity contribution in [2.75, 3.05) is 26.0 Å². The van der Waals surface area contributed by atoms with Gasteiger partial charge in [0.2, 0.25) is 0 Å². The van der Waals surface area contributed by atoms with E-state index in [9.17, 15) is 19.2 Å². The Balaban J connectivity index is 2.24.